The number of rotatable bonds is 10. The molecule has 3 aromatic carbocycles. The SMILES string of the molecule is O=C(NCC(F)(F)F)c1ccc(-n2nnc(C(=O)NCc3cccc(Cl)c3)c2COCc2ccccc2)cc1. The number of hydrogen-bond donors (Lipinski definition) is 2. The summed E-state index contributed by atoms with van der Waals surface area (Å²) in [4.78, 5) is 25.1. The molecule has 0 bridgehead atoms. The van der Waals surface area contributed by atoms with E-state index in [-0.39, 0.29) is 31.0 Å². The second-order valence-electron chi connectivity index (χ2n) is 8.43. The Morgan fingerprint density at radius 3 is 2.28 bits per heavy atom. The van der Waals surface area contributed by atoms with Crippen LogP contribution in [-0.4, -0.2) is 39.5 Å². The summed E-state index contributed by atoms with van der Waals surface area (Å²) in [6.45, 7) is -0.977. The van der Waals surface area contributed by atoms with E-state index in [0.29, 0.717) is 16.4 Å². The number of nitrogens with one attached hydrogen (secondary N) is 2. The lowest BCUT2D eigenvalue weighted by Crippen LogP contribution is -2.33. The first-order chi connectivity index (χ1) is 18.7. The van der Waals surface area contributed by atoms with E-state index in [1.165, 1.54) is 28.9 Å². The molecule has 0 saturated heterocycles. The third-order valence-corrected chi connectivity index (χ3v) is 5.73. The van der Waals surface area contributed by atoms with Crippen molar-refractivity contribution in [3.8, 4) is 5.69 Å². The first-order valence-corrected chi connectivity index (χ1v) is 12.1. The van der Waals surface area contributed by atoms with E-state index in [4.69, 9.17) is 16.3 Å². The Labute approximate surface area is 226 Å². The van der Waals surface area contributed by atoms with E-state index in [9.17, 15) is 22.8 Å². The number of halogens is 4. The molecule has 0 aliphatic carbocycles. The minimum absolute atomic E-state index is 0.0182. The Bertz CT molecular complexity index is 1430. The summed E-state index contributed by atoms with van der Waals surface area (Å²) in [7, 11) is 0. The predicted molar refractivity (Wildman–Crippen MR) is 137 cm³/mol. The van der Waals surface area contributed by atoms with Gasteiger partial charge in [0.05, 0.1) is 18.9 Å². The molecule has 0 fully saturated rings. The largest absolute Gasteiger partial charge is 0.405 e. The van der Waals surface area contributed by atoms with Crippen molar-refractivity contribution in [2.75, 3.05) is 6.54 Å². The van der Waals surface area contributed by atoms with E-state index in [0.717, 1.165) is 11.1 Å². The minimum Gasteiger partial charge on any atom is -0.370 e. The van der Waals surface area contributed by atoms with Crippen molar-refractivity contribution in [3.05, 3.63) is 112 Å². The molecule has 4 aromatic rings. The number of nitrogens with zero attached hydrogens (tertiary/aromatic N) is 3. The molecular formula is C27H23ClF3N5O3. The van der Waals surface area contributed by atoms with Gasteiger partial charge in [-0.15, -0.1) is 5.10 Å². The normalized spacial score (nSPS) is 11.3. The highest BCUT2D eigenvalue weighted by molar-refractivity contribution is 6.30. The minimum atomic E-state index is -4.52. The fraction of sp³-hybridized carbons (Fsp3) is 0.185. The van der Waals surface area contributed by atoms with Gasteiger partial charge in [-0.1, -0.05) is 59.3 Å². The number of benzene rings is 3. The highest BCUT2D eigenvalue weighted by Crippen LogP contribution is 2.18. The van der Waals surface area contributed by atoms with Crippen molar-refractivity contribution in [1.29, 1.82) is 0 Å². The van der Waals surface area contributed by atoms with E-state index >= 15 is 0 Å². The summed E-state index contributed by atoms with van der Waals surface area (Å²) in [5.74, 6) is -1.35. The van der Waals surface area contributed by atoms with Crippen LogP contribution in [-0.2, 0) is 24.5 Å². The zero-order valence-electron chi connectivity index (χ0n) is 20.4. The molecular weight excluding hydrogens is 535 g/mol. The number of amides is 2. The Hall–Kier alpha value is -4.22. The van der Waals surface area contributed by atoms with Gasteiger partial charge < -0.3 is 15.4 Å². The molecule has 0 saturated carbocycles. The Balaban J connectivity index is 1.53. The van der Waals surface area contributed by atoms with Crippen LogP contribution in [0.5, 0.6) is 0 Å². The molecule has 0 atom stereocenters. The Morgan fingerprint density at radius 1 is 0.872 bits per heavy atom. The van der Waals surface area contributed by atoms with Crippen molar-refractivity contribution >= 4 is 23.4 Å². The van der Waals surface area contributed by atoms with Crippen LogP contribution >= 0.6 is 11.6 Å². The van der Waals surface area contributed by atoms with Crippen LogP contribution in [0.25, 0.3) is 5.69 Å². The maximum Gasteiger partial charge on any atom is 0.405 e. The maximum absolute atomic E-state index is 13.0. The summed E-state index contributed by atoms with van der Waals surface area (Å²) < 4.78 is 44.5. The number of carbonyl (C=O) groups is 2. The van der Waals surface area contributed by atoms with Gasteiger partial charge in [0, 0.05) is 17.1 Å². The molecule has 0 aliphatic rings. The molecule has 1 aromatic heterocycles. The first kappa shape index (κ1) is 27.8. The lowest BCUT2D eigenvalue weighted by Gasteiger charge is -2.11. The molecule has 0 unspecified atom stereocenters. The van der Waals surface area contributed by atoms with Crippen molar-refractivity contribution in [3.63, 3.8) is 0 Å². The molecule has 8 nitrogen and oxygen atoms in total. The van der Waals surface area contributed by atoms with Gasteiger partial charge in [0.1, 0.15) is 12.2 Å². The molecule has 2 N–H and O–H groups in total. The fourth-order valence-corrected chi connectivity index (χ4v) is 3.82. The molecule has 2 amide bonds. The van der Waals surface area contributed by atoms with Crippen LogP contribution in [0.15, 0.2) is 78.9 Å². The van der Waals surface area contributed by atoms with E-state index in [2.05, 4.69) is 15.6 Å². The third-order valence-electron chi connectivity index (χ3n) is 5.49. The smallest absolute Gasteiger partial charge is 0.370 e. The summed E-state index contributed by atoms with van der Waals surface area (Å²) in [5, 5.41) is 13.3. The van der Waals surface area contributed by atoms with Crippen LogP contribution in [0.2, 0.25) is 5.02 Å². The van der Waals surface area contributed by atoms with E-state index in [1.54, 1.807) is 18.2 Å². The van der Waals surface area contributed by atoms with Crippen molar-refractivity contribution in [1.82, 2.24) is 25.6 Å². The summed E-state index contributed by atoms with van der Waals surface area (Å²) in [6.07, 6.45) is -4.52. The zero-order chi connectivity index (χ0) is 27.8. The number of aromatic nitrogens is 3. The molecule has 1 heterocycles. The second-order valence-corrected chi connectivity index (χ2v) is 8.87. The van der Waals surface area contributed by atoms with Crippen molar-refractivity contribution < 1.29 is 27.5 Å². The van der Waals surface area contributed by atoms with Gasteiger partial charge in [-0.3, -0.25) is 9.59 Å². The van der Waals surface area contributed by atoms with Crippen LogP contribution in [0.1, 0.15) is 37.7 Å². The summed E-state index contributed by atoms with van der Waals surface area (Å²) in [6, 6.07) is 22.2. The van der Waals surface area contributed by atoms with Gasteiger partial charge in [-0.2, -0.15) is 13.2 Å². The lowest BCUT2D eigenvalue weighted by atomic mass is 10.2. The van der Waals surface area contributed by atoms with Crippen LogP contribution in [0.3, 0.4) is 0 Å². The van der Waals surface area contributed by atoms with Crippen molar-refractivity contribution in [2.24, 2.45) is 0 Å². The quantitative estimate of drug-likeness (QED) is 0.290. The van der Waals surface area contributed by atoms with Gasteiger partial charge in [0.15, 0.2) is 5.69 Å². The molecule has 12 heteroatoms. The highest BCUT2D eigenvalue weighted by atomic mass is 35.5. The van der Waals surface area contributed by atoms with Gasteiger partial charge in [-0.05, 0) is 47.5 Å². The predicted octanol–water partition coefficient (Wildman–Crippen LogP) is 4.86. The first-order valence-electron chi connectivity index (χ1n) is 11.7. The molecule has 0 spiro atoms. The number of hydrogen-bond acceptors (Lipinski definition) is 5. The van der Waals surface area contributed by atoms with Crippen LogP contribution < -0.4 is 10.6 Å². The second kappa shape index (κ2) is 12.5. The van der Waals surface area contributed by atoms with Gasteiger partial charge in [0.25, 0.3) is 11.8 Å². The molecule has 202 valence electrons. The highest BCUT2D eigenvalue weighted by Gasteiger charge is 2.28. The molecule has 4 rings (SSSR count). The van der Waals surface area contributed by atoms with E-state index < -0.39 is 24.5 Å². The maximum atomic E-state index is 13.0. The monoisotopic (exact) mass is 557 g/mol. The van der Waals surface area contributed by atoms with Gasteiger partial charge >= 0.3 is 6.18 Å². The standard InChI is InChI=1S/C27H23ClF3N5O3/c28-21-8-4-7-19(13-21)14-32-26(38)24-23(16-39-15-18-5-2-1-3-6-18)36(35-34-24)22-11-9-20(10-12-22)25(37)33-17-27(29,30)31/h1-13H,14-17H2,(H,32,38)(H,33,37). The summed E-state index contributed by atoms with van der Waals surface area (Å²) in [5.41, 5.74) is 2.58. The van der Waals surface area contributed by atoms with Crippen LogP contribution in [0, 0.1) is 0 Å². The zero-order valence-corrected chi connectivity index (χ0v) is 21.2. The molecule has 39 heavy (non-hydrogen) atoms. The number of ether oxygens (including phenoxy) is 1. The van der Waals surface area contributed by atoms with Gasteiger partial charge in [0.2, 0.25) is 0 Å². The summed E-state index contributed by atoms with van der Waals surface area (Å²) >= 11 is 6.02. The lowest BCUT2D eigenvalue weighted by molar-refractivity contribution is -0.123. The molecule has 0 radical (unpaired) electrons. The average Bonchev–Trinajstić information content (AvgIpc) is 3.34. The Kier molecular flexibility index (Phi) is 8.95. The average molecular weight is 558 g/mol. The number of alkyl halides is 3. The topological polar surface area (TPSA) is 98.1 Å². The van der Waals surface area contributed by atoms with Crippen molar-refractivity contribution in [2.45, 2.75) is 25.9 Å². The number of carbonyl (C=O) groups excluding carboxylic acids is 2. The third kappa shape index (κ3) is 7.88. The Morgan fingerprint density at radius 2 is 1.59 bits per heavy atom. The fourth-order valence-electron chi connectivity index (χ4n) is 3.60. The molecule has 0 aliphatic heterocycles. The van der Waals surface area contributed by atoms with Crippen LogP contribution in [0.4, 0.5) is 13.2 Å². The van der Waals surface area contributed by atoms with Gasteiger partial charge in [-0.25, -0.2) is 4.68 Å². The van der Waals surface area contributed by atoms with E-state index in [1.807, 2.05) is 41.7 Å².